The maximum Gasteiger partial charge on any atom is 0.356 e. The van der Waals surface area contributed by atoms with Gasteiger partial charge in [-0.1, -0.05) is 0 Å². The summed E-state index contributed by atoms with van der Waals surface area (Å²) in [5, 5.41) is 12.6. The van der Waals surface area contributed by atoms with E-state index in [1.54, 1.807) is 12.1 Å². The van der Waals surface area contributed by atoms with Gasteiger partial charge in [0.1, 0.15) is 0 Å². The van der Waals surface area contributed by atoms with Gasteiger partial charge in [-0.25, -0.2) is 14.3 Å². The van der Waals surface area contributed by atoms with Crippen LogP contribution < -0.4 is 4.74 Å². The molecule has 72 valence electrons. The van der Waals surface area contributed by atoms with Crippen molar-refractivity contribution < 1.29 is 14.6 Å². The average molecular weight is 193 g/mol. The first-order chi connectivity index (χ1) is 6.70. The summed E-state index contributed by atoms with van der Waals surface area (Å²) in [5.41, 5.74) is 0.439. The van der Waals surface area contributed by atoms with E-state index < -0.39 is 5.97 Å². The molecule has 0 saturated heterocycles. The van der Waals surface area contributed by atoms with Crippen LogP contribution in [0.25, 0.3) is 5.65 Å². The van der Waals surface area contributed by atoms with Crippen LogP contribution in [0.2, 0.25) is 0 Å². The van der Waals surface area contributed by atoms with Gasteiger partial charge in [-0.3, -0.25) is 0 Å². The predicted octanol–water partition coefficient (Wildman–Crippen LogP) is 0.436. The molecule has 2 rings (SSSR count). The third-order valence-corrected chi connectivity index (χ3v) is 1.72. The zero-order valence-corrected chi connectivity index (χ0v) is 7.34. The molecule has 2 heterocycles. The minimum absolute atomic E-state index is 0.0363. The number of hydrogen-bond donors (Lipinski definition) is 1. The molecule has 2 aromatic heterocycles. The van der Waals surface area contributed by atoms with Crippen molar-refractivity contribution in [2.75, 3.05) is 7.11 Å². The van der Waals surface area contributed by atoms with E-state index in [-0.39, 0.29) is 5.69 Å². The molecule has 1 N–H and O–H groups in total. The van der Waals surface area contributed by atoms with Gasteiger partial charge in [-0.2, -0.15) is 0 Å². The Kier molecular flexibility index (Phi) is 1.81. The minimum atomic E-state index is -1.07. The molecule has 0 aliphatic rings. The van der Waals surface area contributed by atoms with Gasteiger partial charge in [-0.15, -0.1) is 5.10 Å². The Bertz CT molecular complexity index is 492. The Morgan fingerprint density at radius 2 is 2.36 bits per heavy atom. The fourth-order valence-electron chi connectivity index (χ4n) is 1.08. The molecule has 0 aromatic carbocycles. The molecule has 0 amide bonds. The molecular formula is C8H7N3O3. The van der Waals surface area contributed by atoms with Crippen LogP contribution in [-0.2, 0) is 0 Å². The number of ether oxygens (including phenoxy) is 1. The van der Waals surface area contributed by atoms with Crippen molar-refractivity contribution in [3.8, 4) is 5.88 Å². The number of carboxylic acid groups (broad SMARTS) is 1. The molecule has 0 bridgehead atoms. The normalized spacial score (nSPS) is 10.4. The number of rotatable bonds is 2. The van der Waals surface area contributed by atoms with Crippen molar-refractivity contribution in [1.29, 1.82) is 0 Å². The molecule has 0 fully saturated rings. The van der Waals surface area contributed by atoms with E-state index in [1.165, 1.54) is 17.8 Å². The van der Waals surface area contributed by atoms with Crippen LogP contribution in [-0.4, -0.2) is 32.8 Å². The van der Waals surface area contributed by atoms with Crippen LogP contribution in [0.15, 0.2) is 18.3 Å². The number of imidazole rings is 1. The second-order valence-electron chi connectivity index (χ2n) is 2.61. The predicted molar refractivity (Wildman–Crippen MR) is 46.5 cm³/mol. The minimum Gasteiger partial charge on any atom is -0.480 e. The Hall–Kier alpha value is -2.11. The van der Waals surface area contributed by atoms with Crippen LogP contribution in [0.4, 0.5) is 0 Å². The fraction of sp³-hybridized carbons (Fsp3) is 0.125. The number of carbonyl (C=O) groups is 1. The highest BCUT2D eigenvalue weighted by Gasteiger charge is 2.09. The second kappa shape index (κ2) is 2.99. The van der Waals surface area contributed by atoms with Crippen molar-refractivity contribution in [2.45, 2.75) is 0 Å². The summed E-state index contributed by atoms with van der Waals surface area (Å²) in [5.74, 6) is -0.665. The lowest BCUT2D eigenvalue weighted by molar-refractivity contribution is 0.0691. The molecule has 0 atom stereocenters. The molecular weight excluding hydrogens is 186 g/mol. The summed E-state index contributed by atoms with van der Waals surface area (Å²) >= 11 is 0. The fourth-order valence-corrected chi connectivity index (χ4v) is 1.08. The number of hydrogen-bond acceptors (Lipinski definition) is 4. The van der Waals surface area contributed by atoms with Crippen LogP contribution in [0, 0.1) is 0 Å². The monoisotopic (exact) mass is 193 g/mol. The lowest BCUT2D eigenvalue weighted by atomic mass is 10.5. The van der Waals surface area contributed by atoms with E-state index >= 15 is 0 Å². The van der Waals surface area contributed by atoms with Crippen LogP contribution in [0.5, 0.6) is 5.88 Å². The van der Waals surface area contributed by atoms with Gasteiger partial charge in [-0.05, 0) is 6.07 Å². The summed E-state index contributed by atoms with van der Waals surface area (Å²) in [6.45, 7) is 0. The number of nitrogens with zero attached hydrogens (tertiary/aromatic N) is 3. The maximum absolute atomic E-state index is 10.6. The van der Waals surface area contributed by atoms with E-state index in [0.29, 0.717) is 11.5 Å². The summed E-state index contributed by atoms with van der Waals surface area (Å²) in [6.07, 6.45) is 1.33. The highest BCUT2D eigenvalue weighted by Crippen LogP contribution is 2.08. The topological polar surface area (TPSA) is 76.7 Å². The summed E-state index contributed by atoms with van der Waals surface area (Å²) in [6, 6.07) is 3.26. The standard InChI is InChI=1S/C8H7N3O3/c1-14-7-3-2-6-9-5(8(12)13)4-11(6)10-7/h2-4H,1H3,(H,12,13). The zero-order valence-electron chi connectivity index (χ0n) is 7.34. The number of methoxy groups -OCH3 is 1. The Labute approximate surface area is 78.8 Å². The highest BCUT2D eigenvalue weighted by molar-refractivity contribution is 5.85. The molecule has 0 saturated carbocycles. The molecule has 0 aliphatic carbocycles. The van der Waals surface area contributed by atoms with Crippen molar-refractivity contribution in [1.82, 2.24) is 14.6 Å². The Balaban J connectivity index is 2.60. The number of fused-ring (bicyclic) bond motifs is 1. The third kappa shape index (κ3) is 1.26. The van der Waals surface area contributed by atoms with Gasteiger partial charge >= 0.3 is 5.97 Å². The molecule has 0 radical (unpaired) electrons. The molecule has 0 spiro atoms. The summed E-state index contributed by atoms with van der Waals surface area (Å²) in [7, 11) is 1.49. The largest absolute Gasteiger partial charge is 0.480 e. The SMILES string of the molecule is COc1ccc2nc(C(=O)O)cn2n1. The lowest BCUT2D eigenvalue weighted by Gasteiger charge is -1.96. The van der Waals surface area contributed by atoms with E-state index in [1.807, 2.05) is 0 Å². The van der Waals surface area contributed by atoms with Gasteiger partial charge < -0.3 is 9.84 Å². The summed E-state index contributed by atoms with van der Waals surface area (Å²) in [4.78, 5) is 14.4. The molecule has 6 heteroatoms. The zero-order chi connectivity index (χ0) is 10.1. The molecule has 14 heavy (non-hydrogen) atoms. The van der Waals surface area contributed by atoms with E-state index in [9.17, 15) is 4.79 Å². The second-order valence-corrected chi connectivity index (χ2v) is 2.61. The number of aromatic nitrogens is 3. The number of aromatic carboxylic acids is 1. The first-order valence-electron chi connectivity index (χ1n) is 3.84. The first-order valence-corrected chi connectivity index (χ1v) is 3.84. The van der Waals surface area contributed by atoms with Gasteiger partial charge in [0.15, 0.2) is 11.3 Å². The summed E-state index contributed by atoms with van der Waals surface area (Å²) < 4.78 is 6.25. The van der Waals surface area contributed by atoms with Gasteiger partial charge in [0.2, 0.25) is 5.88 Å². The van der Waals surface area contributed by atoms with E-state index in [0.717, 1.165) is 0 Å². The molecule has 6 nitrogen and oxygen atoms in total. The van der Waals surface area contributed by atoms with Crippen molar-refractivity contribution in [3.63, 3.8) is 0 Å². The average Bonchev–Trinajstić information content (AvgIpc) is 2.59. The highest BCUT2D eigenvalue weighted by atomic mass is 16.5. The Morgan fingerprint density at radius 3 is 3.00 bits per heavy atom. The van der Waals surface area contributed by atoms with Crippen molar-refractivity contribution >= 4 is 11.6 Å². The van der Waals surface area contributed by atoms with Crippen LogP contribution in [0.1, 0.15) is 10.5 Å². The smallest absolute Gasteiger partial charge is 0.356 e. The quantitative estimate of drug-likeness (QED) is 0.748. The van der Waals surface area contributed by atoms with E-state index in [4.69, 9.17) is 9.84 Å². The van der Waals surface area contributed by atoms with Crippen molar-refractivity contribution in [3.05, 3.63) is 24.0 Å². The molecule has 2 aromatic rings. The van der Waals surface area contributed by atoms with E-state index in [2.05, 4.69) is 10.1 Å². The third-order valence-electron chi connectivity index (χ3n) is 1.72. The van der Waals surface area contributed by atoms with Gasteiger partial charge in [0, 0.05) is 6.07 Å². The first kappa shape index (κ1) is 8.49. The number of carboxylic acids is 1. The lowest BCUT2D eigenvalue weighted by Crippen LogP contribution is -1.95. The Morgan fingerprint density at radius 1 is 1.57 bits per heavy atom. The van der Waals surface area contributed by atoms with Crippen molar-refractivity contribution in [2.24, 2.45) is 0 Å². The molecule has 0 unspecified atom stereocenters. The maximum atomic E-state index is 10.6. The van der Waals surface area contributed by atoms with Crippen LogP contribution in [0.3, 0.4) is 0 Å². The molecule has 0 aliphatic heterocycles. The van der Waals surface area contributed by atoms with Gasteiger partial charge in [0.05, 0.1) is 13.3 Å². The van der Waals surface area contributed by atoms with Gasteiger partial charge in [0.25, 0.3) is 0 Å². The van der Waals surface area contributed by atoms with Crippen LogP contribution >= 0.6 is 0 Å².